The van der Waals surface area contributed by atoms with Crippen LogP contribution in [0, 0.1) is 0 Å². The van der Waals surface area contributed by atoms with Gasteiger partial charge < -0.3 is 11.1 Å². The molecule has 1 aliphatic rings. The number of amides is 1. The molecule has 1 aromatic rings. The van der Waals surface area contributed by atoms with Crippen molar-refractivity contribution in [2.24, 2.45) is 0 Å². The molecule has 104 valence electrons. The lowest BCUT2D eigenvalue weighted by Crippen LogP contribution is -2.41. The van der Waals surface area contributed by atoms with E-state index in [0.717, 1.165) is 25.2 Å². The number of anilines is 1. The van der Waals surface area contributed by atoms with Crippen molar-refractivity contribution in [2.75, 3.05) is 25.4 Å². The number of nitrogen functional groups attached to an aromatic ring is 1. The summed E-state index contributed by atoms with van der Waals surface area (Å²) >= 11 is 0. The predicted molar refractivity (Wildman–Crippen MR) is 77.8 cm³/mol. The molecule has 3 N–H and O–H groups in total. The number of carbonyl (C=O) groups excluding carboxylic acids is 1. The smallest absolute Gasteiger partial charge is 0.224 e. The Balaban J connectivity index is 1.75. The molecule has 1 aromatic carbocycles. The summed E-state index contributed by atoms with van der Waals surface area (Å²) in [7, 11) is 0. The highest BCUT2D eigenvalue weighted by molar-refractivity contribution is 5.78. The van der Waals surface area contributed by atoms with Crippen LogP contribution in [0.2, 0.25) is 0 Å². The van der Waals surface area contributed by atoms with Crippen LogP contribution in [0.4, 0.5) is 5.69 Å². The molecule has 1 fully saturated rings. The number of likely N-dealkylation sites (tertiary alicyclic amines) is 1. The lowest BCUT2D eigenvalue weighted by atomic mass is 10.1. The second-order valence-corrected chi connectivity index (χ2v) is 5.32. The molecular formula is C15H23N3O. The lowest BCUT2D eigenvalue weighted by molar-refractivity contribution is -0.120. The summed E-state index contributed by atoms with van der Waals surface area (Å²) in [5.74, 6) is 0.0663. The maximum Gasteiger partial charge on any atom is 0.224 e. The van der Waals surface area contributed by atoms with Crippen LogP contribution in [0.3, 0.4) is 0 Å². The zero-order valence-corrected chi connectivity index (χ0v) is 11.6. The lowest BCUT2D eigenvalue weighted by Gasteiger charge is -2.23. The highest BCUT2D eigenvalue weighted by atomic mass is 16.1. The Morgan fingerprint density at radius 3 is 2.84 bits per heavy atom. The van der Waals surface area contributed by atoms with Gasteiger partial charge in [-0.25, -0.2) is 0 Å². The average Bonchev–Trinajstić information content (AvgIpc) is 2.90. The molecule has 4 nitrogen and oxygen atoms in total. The van der Waals surface area contributed by atoms with Gasteiger partial charge in [0, 0.05) is 18.3 Å². The van der Waals surface area contributed by atoms with Crippen molar-refractivity contribution in [2.45, 2.75) is 32.2 Å². The van der Waals surface area contributed by atoms with Crippen LogP contribution in [-0.4, -0.2) is 36.5 Å². The molecule has 1 amide bonds. The van der Waals surface area contributed by atoms with Gasteiger partial charge in [0.15, 0.2) is 0 Å². The van der Waals surface area contributed by atoms with Gasteiger partial charge in [-0.2, -0.15) is 0 Å². The summed E-state index contributed by atoms with van der Waals surface area (Å²) in [5, 5.41) is 3.01. The summed E-state index contributed by atoms with van der Waals surface area (Å²) in [4.78, 5) is 14.3. The molecule has 0 spiro atoms. The van der Waals surface area contributed by atoms with Crippen molar-refractivity contribution in [1.29, 1.82) is 0 Å². The van der Waals surface area contributed by atoms with Gasteiger partial charge in [0.25, 0.3) is 0 Å². The van der Waals surface area contributed by atoms with Crippen LogP contribution in [0.1, 0.15) is 25.3 Å². The van der Waals surface area contributed by atoms with Gasteiger partial charge in [-0.05, 0) is 50.6 Å². The molecule has 1 atom stereocenters. The monoisotopic (exact) mass is 261 g/mol. The minimum Gasteiger partial charge on any atom is -0.399 e. The third kappa shape index (κ3) is 4.24. The van der Waals surface area contributed by atoms with E-state index in [1.165, 1.54) is 12.8 Å². The molecule has 0 bridgehead atoms. The Morgan fingerprint density at radius 2 is 2.16 bits per heavy atom. The van der Waals surface area contributed by atoms with Crippen LogP contribution in [-0.2, 0) is 11.2 Å². The minimum atomic E-state index is 0.0663. The Hall–Kier alpha value is -1.55. The molecule has 19 heavy (non-hydrogen) atoms. The first-order chi connectivity index (χ1) is 9.15. The van der Waals surface area contributed by atoms with Crippen molar-refractivity contribution in [3.63, 3.8) is 0 Å². The molecule has 1 saturated heterocycles. The number of rotatable bonds is 5. The minimum absolute atomic E-state index is 0.0663. The first-order valence-corrected chi connectivity index (χ1v) is 7.00. The number of nitrogens with one attached hydrogen (secondary N) is 1. The summed E-state index contributed by atoms with van der Waals surface area (Å²) in [6, 6.07) is 7.91. The van der Waals surface area contributed by atoms with E-state index in [9.17, 15) is 4.79 Å². The number of nitrogens with two attached hydrogens (primary N) is 1. The summed E-state index contributed by atoms with van der Waals surface area (Å²) in [6.07, 6.45) is 2.96. The van der Waals surface area contributed by atoms with E-state index < -0.39 is 0 Å². The van der Waals surface area contributed by atoms with Crippen LogP contribution in [0.25, 0.3) is 0 Å². The van der Waals surface area contributed by atoms with Gasteiger partial charge in [-0.15, -0.1) is 0 Å². The second kappa shape index (κ2) is 6.57. The molecule has 2 rings (SSSR count). The summed E-state index contributed by atoms with van der Waals surface area (Å²) < 4.78 is 0. The highest BCUT2D eigenvalue weighted by Gasteiger charge is 2.18. The third-order valence-corrected chi connectivity index (χ3v) is 3.67. The largest absolute Gasteiger partial charge is 0.399 e. The number of hydrogen-bond acceptors (Lipinski definition) is 3. The van der Waals surface area contributed by atoms with E-state index in [2.05, 4.69) is 17.1 Å². The van der Waals surface area contributed by atoms with Gasteiger partial charge in [-0.3, -0.25) is 9.69 Å². The average molecular weight is 261 g/mol. The second-order valence-electron chi connectivity index (χ2n) is 5.32. The fraction of sp³-hybridized carbons (Fsp3) is 0.533. The fourth-order valence-corrected chi connectivity index (χ4v) is 2.52. The summed E-state index contributed by atoms with van der Waals surface area (Å²) in [5.41, 5.74) is 7.37. The standard InChI is InChI=1S/C15H23N3O/c1-12(18-7-2-3-8-18)11-17-15(19)10-13-5-4-6-14(16)9-13/h4-6,9,12H,2-3,7-8,10-11,16H2,1H3,(H,17,19). The molecule has 0 radical (unpaired) electrons. The Kier molecular flexibility index (Phi) is 4.80. The highest BCUT2D eigenvalue weighted by Crippen LogP contribution is 2.11. The van der Waals surface area contributed by atoms with Crippen molar-refractivity contribution in [3.8, 4) is 0 Å². The number of benzene rings is 1. The maximum atomic E-state index is 11.9. The van der Waals surface area contributed by atoms with Gasteiger partial charge >= 0.3 is 0 Å². The molecule has 0 aromatic heterocycles. The van der Waals surface area contributed by atoms with E-state index in [0.29, 0.717) is 18.2 Å². The third-order valence-electron chi connectivity index (χ3n) is 3.67. The zero-order valence-electron chi connectivity index (χ0n) is 11.6. The molecule has 1 heterocycles. The molecule has 4 heteroatoms. The quantitative estimate of drug-likeness (QED) is 0.788. The molecule has 0 aliphatic carbocycles. The maximum absolute atomic E-state index is 11.9. The zero-order chi connectivity index (χ0) is 13.7. The molecular weight excluding hydrogens is 238 g/mol. The van der Waals surface area contributed by atoms with Crippen molar-refractivity contribution in [3.05, 3.63) is 29.8 Å². The Morgan fingerprint density at radius 1 is 1.42 bits per heavy atom. The van der Waals surface area contributed by atoms with Crippen molar-refractivity contribution in [1.82, 2.24) is 10.2 Å². The Bertz CT molecular complexity index is 427. The fourth-order valence-electron chi connectivity index (χ4n) is 2.52. The van der Waals surface area contributed by atoms with Gasteiger partial charge in [-0.1, -0.05) is 12.1 Å². The van der Waals surface area contributed by atoms with E-state index in [1.54, 1.807) is 0 Å². The van der Waals surface area contributed by atoms with E-state index in [1.807, 2.05) is 24.3 Å². The number of nitrogens with zero attached hydrogens (tertiary/aromatic N) is 1. The van der Waals surface area contributed by atoms with E-state index in [4.69, 9.17) is 5.73 Å². The Labute approximate surface area is 115 Å². The molecule has 1 unspecified atom stereocenters. The van der Waals surface area contributed by atoms with E-state index >= 15 is 0 Å². The first kappa shape index (κ1) is 13.9. The normalized spacial score (nSPS) is 17.3. The van der Waals surface area contributed by atoms with Gasteiger partial charge in [0.1, 0.15) is 0 Å². The summed E-state index contributed by atoms with van der Waals surface area (Å²) in [6.45, 7) is 5.21. The number of hydrogen-bond donors (Lipinski definition) is 2. The predicted octanol–water partition coefficient (Wildman–Crippen LogP) is 1.41. The number of carbonyl (C=O) groups is 1. The molecule has 1 aliphatic heterocycles. The topological polar surface area (TPSA) is 58.4 Å². The van der Waals surface area contributed by atoms with Crippen LogP contribution in [0.15, 0.2) is 24.3 Å². The SMILES string of the molecule is CC(CNC(=O)Cc1cccc(N)c1)N1CCCC1. The first-order valence-electron chi connectivity index (χ1n) is 7.00. The van der Waals surface area contributed by atoms with Crippen LogP contribution >= 0.6 is 0 Å². The van der Waals surface area contributed by atoms with Crippen LogP contribution < -0.4 is 11.1 Å². The van der Waals surface area contributed by atoms with Crippen molar-refractivity contribution >= 4 is 11.6 Å². The van der Waals surface area contributed by atoms with Crippen LogP contribution in [0.5, 0.6) is 0 Å². The molecule has 0 saturated carbocycles. The van der Waals surface area contributed by atoms with Gasteiger partial charge in [0.05, 0.1) is 6.42 Å². The van der Waals surface area contributed by atoms with Gasteiger partial charge in [0.2, 0.25) is 5.91 Å². The van der Waals surface area contributed by atoms with Crippen molar-refractivity contribution < 1.29 is 4.79 Å². The van der Waals surface area contributed by atoms with E-state index in [-0.39, 0.29) is 5.91 Å².